The molecule has 5 rings (SSSR count). The molecule has 3 heteroatoms. The summed E-state index contributed by atoms with van der Waals surface area (Å²) in [5.41, 5.74) is 0.966. The van der Waals surface area contributed by atoms with E-state index < -0.39 is 7.26 Å². The van der Waals surface area contributed by atoms with E-state index in [-0.39, 0.29) is 5.82 Å². The van der Waals surface area contributed by atoms with Gasteiger partial charge in [-0.1, -0.05) is 60.7 Å². The molecule has 0 aliphatic carbocycles. The number of fused-ring (bicyclic) bond motifs is 1. The standard InChI is InChI=1S/C29H26FNP/c30-28-18-10-19-29-27(28)20-22-31(29)21-11-23-32(24-12-4-1-5-13-24,25-14-6-2-7-15-25)26-16-8-3-9-17-26/h1-10,12-20,22H,11,21,23H2/q+1. The van der Waals surface area contributed by atoms with E-state index >= 15 is 0 Å². The minimum Gasteiger partial charge on any atom is -0.347 e. The molecule has 0 spiro atoms. The summed E-state index contributed by atoms with van der Waals surface area (Å²) in [6, 6.07) is 40.1. The lowest BCUT2D eigenvalue weighted by molar-refractivity contribution is 0.639. The summed E-state index contributed by atoms with van der Waals surface area (Å²) in [6.07, 6.45) is 4.08. The molecule has 0 fully saturated rings. The first-order valence-corrected chi connectivity index (χ1v) is 13.0. The molecule has 1 aromatic heterocycles. The highest BCUT2D eigenvalue weighted by Crippen LogP contribution is 2.55. The van der Waals surface area contributed by atoms with Gasteiger partial charge in [-0.25, -0.2) is 4.39 Å². The Bertz CT molecular complexity index is 1200. The second-order valence-corrected chi connectivity index (χ2v) is 11.7. The number of aromatic nitrogens is 1. The number of nitrogens with zero attached hydrogens (tertiary/aromatic N) is 1. The molecule has 5 aromatic rings. The molecule has 1 nitrogen and oxygen atoms in total. The zero-order valence-electron chi connectivity index (χ0n) is 17.9. The molecular weight excluding hydrogens is 412 g/mol. The van der Waals surface area contributed by atoms with Gasteiger partial charge in [0.2, 0.25) is 0 Å². The van der Waals surface area contributed by atoms with Crippen molar-refractivity contribution in [3.8, 4) is 0 Å². The fraction of sp³-hybridized carbons (Fsp3) is 0.103. The fourth-order valence-corrected chi connectivity index (χ4v) is 9.07. The van der Waals surface area contributed by atoms with Crippen LogP contribution in [0.1, 0.15) is 6.42 Å². The maximum Gasteiger partial charge on any atom is 0.132 e. The van der Waals surface area contributed by atoms with Gasteiger partial charge in [0.05, 0.1) is 11.7 Å². The van der Waals surface area contributed by atoms with Crippen LogP contribution in [-0.4, -0.2) is 10.7 Å². The summed E-state index contributed by atoms with van der Waals surface area (Å²) in [5.74, 6) is -0.152. The van der Waals surface area contributed by atoms with E-state index in [1.807, 2.05) is 18.3 Å². The van der Waals surface area contributed by atoms with Crippen LogP contribution in [0, 0.1) is 5.82 Å². The van der Waals surface area contributed by atoms with Crippen LogP contribution in [0.15, 0.2) is 121 Å². The van der Waals surface area contributed by atoms with E-state index in [0.717, 1.165) is 24.6 Å². The molecule has 158 valence electrons. The molecular formula is C29H26FNP+. The van der Waals surface area contributed by atoms with Gasteiger partial charge in [0.25, 0.3) is 0 Å². The van der Waals surface area contributed by atoms with Gasteiger partial charge >= 0.3 is 0 Å². The van der Waals surface area contributed by atoms with Crippen molar-refractivity contribution in [2.24, 2.45) is 0 Å². The van der Waals surface area contributed by atoms with E-state index in [2.05, 4.69) is 95.6 Å². The van der Waals surface area contributed by atoms with E-state index in [0.29, 0.717) is 5.39 Å². The Labute approximate surface area is 189 Å². The Morgan fingerprint density at radius 3 is 1.66 bits per heavy atom. The van der Waals surface area contributed by atoms with Crippen LogP contribution in [0.5, 0.6) is 0 Å². The zero-order chi connectivity index (χ0) is 21.8. The molecule has 0 aliphatic heterocycles. The summed E-state index contributed by atoms with van der Waals surface area (Å²) in [6.45, 7) is 0.862. The SMILES string of the molecule is Fc1cccc2c1ccn2CCC[P+](c1ccccc1)(c1ccccc1)c1ccccc1. The Hall–Kier alpha value is -3.22. The lowest BCUT2D eigenvalue weighted by Crippen LogP contribution is -2.33. The van der Waals surface area contributed by atoms with E-state index in [1.54, 1.807) is 6.07 Å². The van der Waals surface area contributed by atoms with Crippen LogP contribution in [-0.2, 0) is 6.54 Å². The van der Waals surface area contributed by atoms with Gasteiger partial charge in [0.15, 0.2) is 0 Å². The van der Waals surface area contributed by atoms with Crippen LogP contribution >= 0.6 is 7.26 Å². The topological polar surface area (TPSA) is 4.93 Å². The normalized spacial score (nSPS) is 11.7. The van der Waals surface area contributed by atoms with Gasteiger partial charge in [-0.15, -0.1) is 0 Å². The molecule has 32 heavy (non-hydrogen) atoms. The Morgan fingerprint density at radius 2 is 1.12 bits per heavy atom. The Balaban J connectivity index is 1.56. The second kappa shape index (κ2) is 9.10. The van der Waals surface area contributed by atoms with Gasteiger partial charge in [-0.05, 0) is 54.6 Å². The van der Waals surface area contributed by atoms with Crippen LogP contribution in [0.2, 0.25) is 0 Å². The highest BCUT2D eigenvalue weighted by Gasteiger charge is 2.44. The summed E-state index contributed by atoms with van der Waals surface area (Å²) in [7, 11) is -1.83. The summed E-state index contributed by atoms with van der Waals surface area (Å²) < 4.78 is 16.4. The quantitative estimate of drug-likeness (QED) is 0.268. The summed E-state index contributed by atoms with van der Waals surface area (Å²) in [5, 5.41) is 4.91. The van der Waals surface area contributed by atoms with Crippen molar-refractivity contribution in [3.05, 3.63) is 127 Å². The van der Waals surface area contributed by atoms with Crippen molar-refractivity contribution in [2.75, 3.05) is 6.16 Å². The third-order valence-electron chi connectivity index (χ3n) is 6.24. The number of hydrogen-bond donors (Lipinski definition) is 0. The molecule has 0 radical (unpaired) electrons. The molecule has 0 bridgehead atoms. The number of rotatable bonds is 7. The third-order valence-corrected chi connectivity index (χ3v) is 10.8. The molecule has 4 aromatic carbocycles. The molecule has 0 atom stereocenters. The van der Waals surface area contributed by atoms with Crippen molar-refractivity contribution >= 4 is 34.1 Å². The van der Waals surface area contributed by atoms with E-state index in [4.69, 9.17) is 0 Å². The lowest BCUT2D eigenvalue weighted by atomic mass is 10.2. The smallest absolute Gasteiger partial charge is 0.132 e. The fourth-order valence-electron chi connectivity index (χ4n) is 4.74. The highest BCUT2D eigenvalue weighted by atomic mass is 31.2. The Kier molecular flexibility index (Phi) is 5.88. The predicted octanol–water partition coefficient (Wildman–Crippen LogP) is 6.16. The van der Waals surface area contributed by atoms with Crippen molar-refractivity contribution in [1.29, 1.82) is 0 Å². The van der Waals surface area contributed by atoms with Gasteiger partial charge in [0.1, 0.15) is 29.0 Å². The van der Waals surface area contributed by atoms with Gasteiger partial charge in [-0.2, -0.15) is 0 Å². The van der Waals surface area contributed by atoms with E-state index in [1.165, 1.54) is 22.0 Å². The molecule has 1 heterocycles. The van der Waals surface area contributed by atoms with Crippen LogP contribution < -0.4 is 15.9 Å². The van der Waals surface area contributed by atoms with Gasteiger partial charge in [-0.3, -0.25) is 0 Å². The average Bonchev–Trinajstić information content (AvgIpc) is 3.28. The first-order valence-electron chi connectivity index (χ1n) is 11.1. The van der Waals surface area contributed by atoms with Gasteiger partial charge in [0, 0.05) is 24.5 Å². The maximum absolute atomic E-state index is 14.2. The van der Waals surface area contributed by atoms with Crippen molar-refractivity contribution in [1.82, 2.24) is 4.57 Å². The number of halogens is 1. The van der Waals surface area contributed by atoms with Crippen molar-refractivity contribution < 1.29 is 4.39 Å². The summed E-state index contributed by atoms with van der Waals surface area (Å²) in [4.78, 5) is 0. The lowest BCUT2D eigenvalue weighted by Gasteiger charge is -2.28. The first kappa shape index (κ1) is 20.7. The third kappa shape index (κ3) is 3.76. The van der Waals surface area contributed by atoms with Crippen molar-refractivity contribution in [2.45, 2.75) is 13.0 Å². The largest absolute Gasteiger partial charge is 0.347 e. The zero-order valence-corrected chi connectivity index (χ0v) is 18.8. The first-order chi connectivity index (χ1) is 15.8. The van der Waals surface area contributed by atoms with Crippen molar-refractivity contribution in [3.63, 3.8) is 0 Å². The molecule has 0 aliphatic rings. The second-order valence-electron chi connectivity index (χ2n) is 8.08. The Morgan fingerprint density at radius 1 is 0.594 bits per heavy atom. The highest BCUT2D eigenvalue weighted by molar-refractivity contribution is 7.95. The average molecular weight is 439 g/mol. The van der Waals surface area contributed by atoms with Crippen LogP contribution in [0.25, 0.3) is 10.9 Å². The number of aryl methyl sites for hydroxylation is 1. The summed E-state index contributed by atoms with van der Waals surface area (Å²) >= 11 is 0. The molecule has 0 N–H and O–H groups in total. The molecule has 0 amide bonds. The molecule has 0 saturated carbocycles. The maximum atomic E-state index is 14.2. The molecule has 0 unspecified atom stereocenters. The van der Waals surface area contributed by atoms with Crippen LogP contribution in [0.4, 0.5) is 4.39 Å². The number of benzene rings is 4. The van der Waals surface area contributed by atoms with Gasteiger partial charge < -0.3 is 4.57 Å². The monoisotopic (exact) mass is 438 g/mol. The molecule has 0 saturated heterocycles. The van der Waals surface area contributed by atoms with Crippen LogP contribution in [0.3, 0.4) is 0 Å². The minimum absolute atomic E-state index is 0.152. The predicted molar refractivity (Wildman–Crippen MR) is 137 cm³/mol. The van der Waals surface area contributed by atoms with E-state index in [9.17, 15) is 4.39 Å². The minimum atomic E-state index is -1.83. The number of hydrogen-bond acceptors (Lipinski definition) is 0.